The maximum Gasteiger partial charge on any atom is 0.119 e. The zero-order valence-electron chi connectivity index (χ0n) is 12.0. The van der Waals surface area contributed by atoms with Crippen molar-refractivity contribution >= 4 is 0 Å². The van der Waals surface area contributed by atoms with Gasteiger partial charge in [-0.05, 0) is 68.4 Å². The van der Waals surface area contributed by atoms with Crippen molar-refractivity contribution in [1.82, 2.24) is 0 Å². The molecule has 5 rings (SSSR count). The van der Waals surface area contributed by atoms with Gasteiger partial charge < -0.3 is 9.84 Å². The molecule has 1 N–H and O–H groups in total. The van der Waals surface area contributed by atoms with E-state index in [4.69, 9.17) is 4.74 Å². The molecule has 4 saturated carbocycles. The van der Waals surface area contributed by atoms with E-state index in [1.807, 2.05) is 30.3 Å². The Labute approximate surface area is 121 Å². The Bertz CT molecular complexity index is 432. The highest BCUT2D eigenvalue weighted by atomic mass is 16.5. The highest BCUT2D eigenvalue weighted by Crippen LogP contribution is 2.61. The number of ether oxygens (including phenoxy) is 1. The van der Waals surface area contributed by atoms with Crippen molar-refractivity contribution in [2.75, 3.05) is 6.61 Å². The lowest BCUT2D eigenvalue weighted by Gasteiger charge is -2.58. The van der Waals surface area contributed by atoms with Crippen molar-refractivity contribution in [2.45, 2.75) is 44.6 Å². The van der Waals surface area contributed by atoms with E-state index in [1.54, 1.807) is 0 Å². The lowest BCUT2D eigenvalue weighted by molar-refractivity contribution is -0.129. The molecule has 1 unspecified atom stereocenters. The first-order chi connectivity index (χ1) is 9.73. The first-order valence-corrected chi connectivity index (χ1v) is 8.09. The van der Waals surface area contributed by atoms with Crippen LogP contribution in [0.4, 0.5) is 0 Å². The largest absolute Gasteiger partial charge is 0.491 e. The van der Waals surface area contributed by atoms with E-state index in [1.165, 1.54) is 38.5 Å². The van der Waals surface area contributed by atoms with Crippen LogP contribution in [0.2, 0.25) is 0 Å². The Morgan fingerprint density at radius 3 is 2.10 bits per heavy atom. The fourth-order valence-corrected chi connectivity index (χ4v) is 5.45. The van der Waals surface area contributed by atoms with Gasteiger partial charge in [0.05, 0.1) is 6.10 Å². The van der Waals surface area contributed by atoms with Gasteiger partial charge in [0.2, 0.25) is 0 Å². The molecule has 0 saturated heterocycles. The summed E-state index contributed by atoms with van der Waals surface area (Å²) in [6, 6.07) is 9.88. The van der Waals surface area contributed by atoms with Gasteiger partial charge in [0.1, 0.15) is 12.4 Å². The summed E-state index contributed by atoms with van der Waals surface area (Å²) in [5.41, 5.74) is 0.170. The van der Waals surface area contributed by atoms with Gasteiger partial charge in [-0.1, -0.05) is 18.2 Å². The van der Waals surface area contributed by atoms with Gasteiger partial charge in [-0.25, -0.2) is 0 Å². The number of hydrogen-bond donors (Lipinski definition) is 1. The molecule has 0 aromatic heterocycles. The van der Waals surface area contributed by atoms with Crippen LogP contribution < -0.4 is 4.74 Å². The molecule has 0 radical (unpaired) electrons. The van der Waals surface area contributed by atoms with E-state index in [9.17, 15) is 5.11 Å². The molecule has 20 heavy (non-hydrogen) atoms. The standard InChI is InChI=1S/C18H24O2/c19-17(12-20-16-4-2-1-3-5-16)18-9-13-6-14(10-18)8-15(7-13)11-18/h1-5,13-15,17,19H,6-12H2. The molecule has 0 aliphatic heterocycles. The minimum absolute atomic E-state index is 0.170. The van der Waals surface area contributed by atoms with Crippen molar-refractivity contribution in [3.05, 3.63) is 30.3 Å². The number of aliphatic hydroxyl groups excluding tert-OH is 1. The molecule has 108 valence electrons. The number of hydrogen-bond acceptors (Lipinski definition) is 2. The summed E-state index contributed by atoms with van der Waals surface area (Å²) < 4.78 is 5.81. The van der Waals surface area contributed by atoms with E-state index in [0.29, 0.717) is 6.61 Å². The maximum atomic E-state index is 10.8. The Morgan fingerprint density at radius 2 is 1.55 bits per heavy atom. The van der Waals surface area contributed by atoms with Gasteiger partial charge in [-0.3, -0.25) is 0 Å². The van der Waals surface area contributed by atoms with Crippen LogP contribution in [-0.2, 0) is 0 Å². The van der Waals surface area contributed by atoms with Crippen LogP contribution in [0.3, 0.4) is 0 Å². The van der Waals surface area contributed by atoms with Gasteiger partial charge in [0, 0.05) is 5.41 Å². The molecule has 4 aliphatic carbocycles. The average molecular weight is 272 g/mol. The average Bonchev–Trinajstić information content (AvgIpc) is 2.44. The second-order valence-corrected chi connectivity index (χ2v) is 7.42. The maximum absolute atomic E-state index is 10.8. The second kappa shape index (κ2) is 4.77. The van der Waals surface area contributed by atoms with Gasteiger partial charge in [-0.15, -0.1) is 0 Å². The summed E-state index contributed by atoms with van der Waals surface area (Å²) in [5.74, 6) is 3.52. The normalized spacial score (nSPS) is 39.8. The Balaban J connectivity index is 1.44. The third-order valence-corrected chi connectivity index (χ3v) is 5.94. The number of rotatable bonds is 4. The quantitative estimate of drug-likeness (QED) is 0.906. The summed E-state index contributed by atoms with van der Waals surface area (Å²) in [6.07, 6.45) is 7.67. The van der Waals surface area contributed by atoms with Gasteiger partial charge >= 0.3 is 0 Å². The van der Waals surface area contributed by atoms with E-state index in [2.05, 4.69) is 0 Å². The molecule has 0 amide bonds. The van der Waals surface area contributed by atoms with Crippen molar-refractivity contribution in [2.24, 2.45) is 23.2 Å². The van der Waals surface area contributed by atoms with Gasteiger partial charge in [-0.2, -0.15) is 0 Å². The van der Waals surface area contributed by atoms with E-state index < -0.39 is 0 Å². The lowest BCUT2D eigenvalue weighted by Crippen LogP contribution is -2.53. The summed E-state index contributed by atoms with van der Waals surface area (Å²) >= 11 is 0. The van der Waals surface area contributed by atoms with E-state index in [0.717, 1.165) is 23.5 Å². The van der Waals surface area contributed by atoms with Crippen LogP contribution in [0.1, 0.15) is 38.5 Å². The van der Waals surface area contributed by atoms with Crippen LogP contribution in [-0.4, -0.2) is 17.8 Å². The topological polar surface area (TPSA) is 29.5 Å². The van der Waals surface area contributed by atoms with Crippen molar-refractivity contribution < 1.29 is 9.84 Å². The Hall–Kier alpha value is -1.02. The molecule has 1 aromatic rings. The zero-order valence-corrected chi connectivity index (χ0v) is 12.0. The minimum Gasteiger partial charge on any atom is -0.491 e. The van der Waals surface area contributed by atoms with Crippen LogP contribution in [0.5, 0.6) is 5.75 Å². The third-order valence-electron chi connectivity index (χ3n) is 5.94. The molecule has 4 aliphatic rings. The zero-order chi connectivity index (χ0) is 13.6. The number of benzene rings is 1. The smallest absolute Gasteiger partial charge is 0.119 e. The molecular formula is C18H24O2. The molecule has 1 aromatic carbocycles. The molecule has 2 heteroatoms. The first kappa shape index (κ1) is 12.7. The predicted molar refractivity (Wildman–Crippen MR) is 78.5 cm³/mol. The molecule has 4 bridgehead atoms. The van der Waals surface area contributed by atoms with Crippen LogP contribution in [0, 0.1) is 23.2 Å². The summed E-state index contributed by atoms with van der Waals surface area (Å²) in [4.78, 5) is 0. The predicted octanol–water partition coefficient (Wildman–Crippen LogP) is 3.64. The number of para-hydroxylation sites is 1. The van der Waals surface area contributed by atoms with Gasteiger partial charge in [0.15, 0.2) is 0 Å². The third kappa shape index (κ3) is 2.14. The number of aliphatic hydroxyl groups is 1. The van der Waals surface area contributed by atoms with Crippen molar-refractivity contribution in [3.8, 4) is 5.75 Å². The van der Waals surface area contributed by atoms with Crippen LogP contribution >= 0.6 is 0 Å². The van der Waals surface area contributed by atoms with Crippen LogP contribution in [0.25, 0.3) is 0 Å². The van der Waals surface area contributed by atoms with E-state index in [-0.39, 0.29) is 11.5 Å². The first-order valence-electron chi connectivity index (χ1n) is 8.09. The molecule has 1 atom stereocenters. The molecular weight excluding hydrogens is 248 g/mol. The second-order valence-electron chi connectivity index (χ2n) is 7.42. The van der Waals surface area contributed by atoms with Crippen LogP contribution in [0.15, 0.2) is 30.3 Å². The Kier molecular flexibility index (Phi) is 3.03. The molecule has 2 nitrogen and oxygen atoms in total. The highest BCUT2D eigenvalue weighted by molar-refractivity contribution is 5.21. The molecule has 4 fully saturated rings. The lowest BCUT2D eigenvalue weighted by atomic mass is 9.48. The fraction of sp³-hybridized carbons (Fsp3) is 0.667. The highest BCUT2D eigenvalue weighted by Gasteiger charge is 2.54. The van der Waals surface area contributed by atoms with Crippen molar-refractivity contribution in [1.29, 1.82) is 0 Å². The summed E-state index contributed by atoms with van der Waals surface area (Å²) in [6.45, 7) is 0.455. The molecule has 0 spiro atoms. The fourth-order valence-electron chi connectivity index (χ4n) is 5.45. The summed E-state index contributed by atoms with van der Waals surface area (Å²) in [5, 5.41) is 10.8. The SMILES string of the molecule is OC(COc1ccccc1)C12CC3CC(CC(C3)C1)C2. The minimum atomic E-state index is -0.295. The summed E-state index contributed by atoms with van der Waals surface area (Å²) in [7, 11) is 0. The van der Waals surface area contributed by atoms with Crippen molar-refractivity contribution in [3.63, 3.8) is 0 Å². The van der Waals surface area contributed by atoms with Gasteiger partial charge in [0.25, 0.3) is 0 Å². The Morgan fingerprint density at radius 1 is 1.00 bits per heavy atom. The monoisotopic (exact) mass is 272 g/mol. The van der Waals surface area contributed by atoms with E-state index >= 15 is 0 Å². The molecule has 0 heterocycles.